The molecule has 1 saturated heterocycles. The van der Waals surface area contributed by atoms with Gasteiger partial charge in [-0.05, 0) is 82.1 Å². The Morgan fingerprint density at radius 3 is 2.22 bits per heavy atom. The molecule has 0 aromatic rings. The van der Waals surface area contributed by atoms with Gasteiger partial charge in [0.2, 0.25) is 0 Å². The smallest absolute Gasteiger partial charge is 0.0588 e. The Hall–Kier alpha value is -0.0800. The fourth-order valence-electron chi connectivity index (χ4n) is 5.70. The standard InChI is InChI=1S/C16H27NO/c1-2-15(18-5-1)3-4-17-16-9-12-6-13(10-16)8-14(7-12)11-16/h12-15,17H,1-11H2. The maximum absolute atomic E-state index is 5.73. The fraction of sp³-hybridized carbons (Fsp3) is 1.00. The van der Waals surface area contributed by atoms with E-state index in [1.54, 1.807) is 19.3 Å². The summed E-state index contributed by atoms with van der Waals surface area (Å²) < 4.78 is 5.73. The molecule has 18 heavy (non-hydrogen) atoms. The molecule has 0 radical (unpaired) electrons. The van der Waals surface area contributed by atoms with Crippen LogP contribution in [-0.2, 0) is 4.74 Å². The van der Waals surface area contributed by atoms with Crippen molar-refractivity contribution in [3.63, 3.8) is 0 Å². The van der Waals surface area contributed by atoms with Crippen LogP contribution in [-0.4, -0.2) is 24.8 Å². The third kappa shape index (κ3) is 2.12. The molecule has 2 nitrogen and oxygen atoms in total. The second kappa shape index (κ2) is 4.49. The van der Waals surface area contributed by atoms with E-state index in [2.05, 4.69) is 5.32 Å². The van der Waals surface area contributed by atoms with Gasteiger partial charge in [-0.25, -0.2) is 0 Å². The van der Waals surface area contributed by atoms with Crippen LogP contribution in [0.15, 0.2) is 0 Å². The van der Waals surface area contributed by atoms with Crippen LogP contribution >= 0.6 is 0 Å². The zero-order valence-electron chi connectivity index (χ0n) is 11.5. The van der Waals surface area contributed by atoms with Crippen molar-refractivity contribution in [2.45, 2.75) is 69.4 Å². The normalized spacial score (nSPS) is 50.0. The molecular weight excluding hydrogens is 222 g/mol. The van der Waals surface area contributed by atoms with E-state index >= 15 is 0 Å². The molecule has 1 aliphatic heterocycles. The molecule has 5 fully saturated rings. The highest BCUT2D eigenvalue weighted by atomic mass is 16.5. The van der Waals surface area contributed by atoms with Gasteiger partial charge in [-0.2, -0.15) is 0 Å². The van der Waals surface area contributed by atoms with E-state index < -0.39 is 0 Å². The number of nitrogens with one attached hydrogen (secondary N) is 1. The highest BCUT2D eigenvalue weighted by Crippen LogP contribution is 2.55. The predicted molar refractivity (Wildman–Crippen MR) is 72.5 cm³/mol. The van der Waals surface area contributed by atoms with Crippen molar-refractivity contribution in [1.29, 1.82) is 0 Å². The van der Waals surface area contributed by atoms with Gasteiger partial charge in [-0.1, -0.05) is 0 Å². The molecule has 2 heteroatoms. The molecule has 0 spiro atoms. The molecule has 4 saturated carbocycles. The average molecular weight is 249 g/mol. The quantitative estimate of drug-likeness (QED) is 0.826. The van der Waals surface area contributed by atoms with E-state index in [-0.39, 0.29) is 0 Å². The van der Waals surface area contributed by atoms with Crippen LogP contribution < -0.4 is 5.32 Å². The first-order valence-electron chi connectivity index (χ1n) is 8.18. The van der Waals surface area contributed by atoms with Gasteiger partial charge in [-0.3, -0.25) is 0 Å². The van der Waals surface area contributed by atoms with Gasteiger partial charge in [0.1, 0.15) is 0 Å². The van der Waals surface area contributed by atoms with E-state index in [1.807, 2.05) is 0 Å². The predicted octanol–water partition coefficient (Wildman–Crippen LogP) is 3.11. The maximum atomic E-state index is 5.73. The van der Waals surface area contributed by atoms with Crippen molar-refractivity contribution in [3.05, 3.63) is 0 Å². The lowest BCUT2D eigenvalue weighted by Gasteiger charge is -2.57. The molecule has 5 rings (SSSR count). The van der Waals surface area contributed by atoms with Crippen molar-refractivity contribution in [1.82, 2.24) is 5.32 Å². The van der Waals surface area contributed by atoms with Gasteiger partial charge in [0.15, 0.2) is 0 Å². The molecule has 1 unspecified atom stereocenters. The molecule has 0 amide bonds. The van der Waals surface area contributed by atoms with E-state index in [1.165, 1.54) is 45.1 Å². The van der Waals surface area contributed by atoms with Crippen molar-refractivity contribution in [2.24, 2.45) is 17.8 Å². The first kappa shape index (κ1) is 11.7. The molecule has 1 atom stereocenters. The van der Waals surface area contributed by atoms with Crippen molar-refractivity contribution < 1.29 is 4.74 Å². The summed E-state index contributed by atoms with van der Waals surface area (Å²) in [4.78, 5) is 0. The molecule has 1 N–H and O–H groups in total. The number of rotatable bonds is 4. The van der Waals surface area contributed by atoms with Gasteiger partial charge in [0.05, 0.1) is 6.10 Å². The van der Waals surface area contributed by atoms with Gasteiger partial charge in [-0.15, -0.1) is 0 Å². The Bertz CT molecular complexity index is 273. The van der Waals surface area contributed by atoms with Crippen molar-refractivity contribution >= 4 is 0 Å². The summed E-state index contributed by atoms with van der Waals surface area (Å²) in [5, 5.41) is 3.97. The summed E-state index contributed by atoms with van der Waals surface area (Å²) in [6, 6.07) is 0. The largest absolute Gasteiger partial charge is 0.378 e. The van der Waals surface area contributed by atoms with Gasteiger partial charge in [0.25, 0.3) is 0 Å². The summed E-state index contributed by atoms with van der Waals surface area (Å²) in [6.07, 6.45) is 13.4. The zero-order chi connectivity index (χ0) is 12.0. The third-order valence-electron chi connectivity index (χ3n) is 6.03. The van der Waals surface area contributed by atoms with Crippen LogP contribution in [0.3, 0.4) is 0 Å². The molecule has 1 heterocycles. The lowest BCUT2D eigenvalue weighted by molar-refractivity contribution is -0.0212. The van der Waals surface area contributed by atoms with E-state index in [0.29, 0.717) is 11.6 Å². The summed E-state index contributed by atoms with van der Waals surface area (Å²) in [5.74, 6) is 3.18. The minimum absolute atomic E-state index is 0.549. The first-order chi connectivity index (χ1) is 8.81. The van der Waals surface area contributed by atoms with Crippen LogP contribution in [0.5, 0.6) is 0 Å². The van der Waals surface area contributed by atoms with Crippen molar-refractivity contribution in [3.8, 4) is 0 Å². The average Bonchev–Trinajstić information content (AvgIpc) is 2.79. The maximum Gasteiger partial charge on any atom is 0.0588 e. The van der Waals surface area contributed by atoms with Gasteiger partial charge >= 0.3 is 0 Å². The van der Waals surface area contributed by atoms with E-state index in [9.17, 15) is 0 Å². The Morgan fingerprint density at radius 1 is 1.00 bits per heavy atom. The highest BCUT2D eigenvalue weighted by Gasteiger charge is 2.50. The zero-order valence-corrected chi connectivity index (χ0v) is 11.5. The van der Waals surface area contributed by atoms with Crippen LogP contribution in [0, 0.1) is 17.8 Å². The molecule has 4 aliphatic carbocycles. The monoisotopic (exact) mass is 249 g/mol. The minimum Gasteiger partial charge on any atom is -0.378 e. The van der Waals surface area contributed by atoms with Crippen LogP contribution in [0.4, 0.5) is 0 Å². The summed E-state index contributed by atoms with van der Waals surface area (Å²) in [5.41, 5.74) is 0.549. The number of hydrogen-bond acceptors (Lipinski definition) is 2. The Balaban J connectivity index is 1.33. The number of ether oxygens (including phenoxy) is 1. The topological polar surface area (TPSA) is 21.3 Å². The number of hydrogen-bond donors (Lipinski definition) is 1. The van der Waals surface area contributed by atoms with Crippen molar-refractivity contribution in [2.75, 3.05) is 13.2 Å². The highest BCUT2D eigenvalue weighted by molar-refractivity contribution is 5.06. The second-order valence-corrected chi connectivity index (χ2v) is 7.55. The lowest BCUT2D eigenvalue weighted by Crippen LogP contribution is -2.58. The van der Waals surface area contributed by atoms with Gasteiger partial charge in [0, 0.05) is 12.1 Å². The molecule has 0 aromatic heterocycles. The molecular formula is C16H27NO. The Morgan fingerprint density at radius 2 is 1.67 bits per heavy atom. The lowest BCUT2D eigenvalue weighted by atomic mass is 9.53. The summed E-state index contributed by atoms with van der Waals surface area (Å²) in [7, 11) is 0. The summed E-state index contributed by atoms with van der Waals surface area (Å²) >= 11 is 0. The molecule has 4 bridgehead atoms. The third-order valence-corrected chi connectivity index (χ3v) is 6.03. The van der Waals surface area contributed by atoms with Crippen LogP contribution in [0.25, 0.3) is 0 Å². The Kier molecular flexibility index (Phi) is 2.92. The second-order valence-electron chi connectivity index (χ2n) is 7.55. The van der Waals surface area contributed by atoms with E-state index in [0.717, 1.165) is 24.4 Å². The van der Waals surface area contributed by atoms with Crippen LogP contribution in [0.1, 0.15) is 57.8 Å². The SMILES string of the molecule is C1COC(CCNC23CC4CC(CC(C4)C2)C3)C1. The molecule has 102 valence electrons. The van der Waals surface area contributed by atoms with E-state index in [4.69, 9.17) is 4.74 Å². The first-order valence-corrected chi connectivity index (χ1v) is 8.18. The Labute approximate surface area is 111 Å². The summed E-state index contributed by atoms with van der Waals surface area (Å²) in [6.45, 7) is 2.19. The van der Waals surface area contributed by atoms with Crippen LogP contribution in [0.2, 0.25) is 0 Å². The molecule has 5 aliphatic rings. The van der Waals surface area contributed by atoms with Gasteiger partial charge < -0.3 is 10.1 Å². The fourth-order valence-corrected chi connectivity index (χ4v) is 5.70. The minimum atomic E-state index is 0.549. The molecule has 0 aromatic carbocycles.